The standard InChI is InChI=1S/C18H28O3/c1-7-16(21-14(3)19)18(6,20)12-10-15-13(2)9-8-11-17(15,4)5/h7,9-10,12,15-16,20H,1,8,11H2,2-6H3/b12-10+/t15?,16-,18+/m1/s1. The second-order valence-corrected chi connectivity index (χ2v) is 6.80. The van der Waals surface area contributed by atoms with Crippen LogP contribution >= 0.6 is 0 Å². The summed E-state index contributed by atoms with van der Waals surface area (Å²) >= 11 is 0. The summed E-state index contributed by atoms with van der Waals surface area (Å²) in [4.78, 5) is 11.1. The number of carbonyl (C=O) groups is 1. The average Bonchev–Trinajstić information content (AvgIpc) is 2.33. The van der Waals surface area contributed by atoms with Crippen molar-refractivity contribution in [3.8, 4) is 0 Å². The van der Waals surface area contributed by atoms with E-state index in [0.29, 0.717) is 0 Å². The van der Waals surface area contributed by atoms with E-state index in [1.165, 1.54) is 18.6 Å². The Morgan fingerprint density at radius 1 is 1.62 bits per heavy atom. The largest absolute Gasteiger partial charge is 0.455 e. The molecule has 3 atom stereocenters. The summed E-state index contributed by atoms with van der Waals surface area (Å²) in [5, 5.41) is 10.6. The average molecular weight is 292 g/mol. The minimum absolute atomic E-state index is 0.163. The third-order valence-electron chi connectivity index (χ3n) is 4.30. The molecule has 0 bridgehead atoms. The van der Waals surface area contributed by atoms with E-state index in [0.717, 1.165) is 12.8 Å². The van der Waals surface area contributed by atoms with Crippen LogP contribution in [0.25, 0.3) is 0 Å². The van der Waals surface area contributed by atoms with E-state index in [1.807, 2.05) is 6.08 Å². The van der Waals surface area contributed by atoms with Gasteiger partial charge in [-0.3, -0.25) is 4.79 Å². The van der Waals surface area contributed by atoms with Crippen molar-refractivity contribution in [1.29, 1.82) is 0 Å². The van der Waals surface area contributed by atoms with Crippen LogP contribution in [0.15, 0.2) is 36.5 Å². The normalized spacial score (nSPS) is 25.8. The van der Waals surface area contributed by atoms with Crippen molar-refractivity contribution in [3.63, 3.8) is 0 Å². The Kier molecular flexibility index (Phi) is 5.57. The van der Waals surface area contributed by atoms with Crippen LogP contribution in [0.5, 0.6) is 0 Å². The molecule has 118 valence electrons. The number of aliphatic hydroxyl groups is 1. The second-order valence-electron chi connectivity index (χ2n) is 6.80. The number of hydrogen-bond acceptors (Lipinski definition) is 3. The number of ether oxygens (including phenoxy) is 1. The van der Waals surface area contributed by atoms with Crippen LogP contribution in [0.2, 0.25) is 0 Å². The van der Waals surface area contributed by atoms with Crippen LogP contribution < -0.4 is 0 Å². The van der Waals surface area contributed by atoms with E-state index in [-0.39, 0.29) is 11.3 Å². The minimum atomic E-state index is -1.26. The van der Waals surface area contributed by atoms with Crippen LogP contribution in [0.4, 0.5) is 0 Å². The predicted octanol–water partition coefficient (Wildman–Crippen LogP) is 3.79. The van der Waals surface area contributed by atoms with Gasteiger partial charge in [-0.1, -0.05) is 44.2 Å². The van der Waals surface area contributed by atoms with E-state index in [1.54, 1.807) is 13.0 Å². The molecule has 3 nitrogen and oxygen atoms in total. The van der Waals surface area contributed by atoms with Crippen LogP contribution in [-0.4, -0.2) is 22.8 Å². The van der Waals surface area contributed by atoms with E-state index >= 15 is 0 Å². The highest BCUT2D eigenvalue weighted by atomic mass is 16.6. The summed E-state index contributed by atoms with van der Waals surface area (Å²) in [6, 6.07) is 0. The fourth-order valence-electron chi connectivity index (χ4n) is 2.95. The Hall–Kier alpha value is -1.35. The SMILES string of the molecule is C=C[C@@H](OC(C)=O)[C@@](C)(O)/C=C/C1C(C)=CCCC1(C)C. The number of allylic oxidation sites excluding steroid dienone is 3. The quantitative estimate of drug-likeness (QED) is 0.619. The summed E-state index contributed by atoms with van der Waals surface area (Å²) < 4.78 is 5.11. The van der Waals surface area contributed by atoms with E-state index in [2.05, 4.69) is 33.4 Å². The fraction of sp³-hybridized carbons (Fsp3) is 0.611. The van der Waals surface area contributed by atoms with Gasteiger partial charge in [-0.05, 0) is 38.2 Å². The number of carbonyl (C=O) groups excluding carboxylic acids is 1. The Morgan fingerprint density at radius 3 is 2.71 bits per heavy atom. The Balaban J connectivity index is 2.95. The number of rotatable bonds is 5. The van der Waals surface area contributed by atoms with Gasteiger partial charge in [0.05, 0.1) is 0 Å². The molecule has 0 heterocycles. The lowest BCUT2D eigenvalue weighted by Crippen LogP contribution is -2.39. The van der Waals surface area contributed by atoms with Gasteiger partial charge in [0.15, 0.2) is 6.10 Å². The maximum Gasteiger partial charge on any atom is 0.303 e. The van der Waals surface area contributed by atoms with Crippen LogP contribution in [0.1, 0.15) is 47.5 Å². The molecule has 1 rings (SSSR count). The third kappa shape index (κ3) is 4.57. The monoisotopic (exact) mass is 292 g/mol. The van der Waals surface area contributed by atoms with Gasteiger partial charge in [0, 0.05) is 12.8 Å². The smallest absolute Gasteiger partial charge is 0.303 e. The first-order chi connectivity index (χ1) is 9.60. The molecule has 1 aliphatic carbocycles. The van der Waals surface area contributed by atoms with Crippen molar-refractivity contribution < 1.29 is 14.6 Å². The molecule has 0 aromatic carbocycles. The zero-order valence-corrected chi connectivity index (χ0v) is 13.8. The van der Waals surface area contributed by atoms with Gasteiger partial charge in [0.2, 0.25) is 0 Å². The van der Waals surface area contributed by atoms with Crippen LogP contribution in [0.3, 0.4) is 0 Å². The van der Waals surface area contributed by atoms with Crippen molar-refractivity contribution in [2.24, 2.45) is 11.3 Å². The van der Waals surface area contributed by atoms with Crippen molar-refractivity contribution in [2.45, 2.75) is 59.2 Å². The summed E-state index contributed by atoms with van der Waals surface area (Å²) in [5.41, 5.74) is 0.221. The van der Waals surface area contributed by atoms with E-state index in [9.17, 15) is 9.90 Å². The molecule has 0 amide bonds. The lowest BCUT2D eigenvalue weighted by Gasteiger charge is -2.37. The van der Waals surface area contributed by atoms with Crippen molar-refractivity contribution in [3.05, 3.63) is 36.5 Å². The predicted molar refractivity (Wildman–Crippen MR) is 85.8 cm³/mol. The summed E-state index contributed by atoms with van der Waals surface area (Å²) in [5.74, 6) is -0.150. The number of hydrogen-bond donors (Lipinski definition) is 1. The van der Waals surface area contributed by atoms with Gasteiger partial charge < -0.3 is 9.84 Å². The third-order valence-corrected chi connectivity index (χ3v) is 4.30. The molecule has 21 heavy (non-hydrogen) atoms. The molecule has 1 aliphatic rings. The van der Waals surface area contributed by atoms with Crippen molar-refractivity contribution >= 4 is 5.97 Å². The Labute approximate surface area is 128 Å². The minimum Gasteiger partial charge on any atom is -0.455 e. The van der Waals surface area contributed by atoms with Gasteiger partial charge in [-0.25, -0.2) is 0 Å². The molecule has 0 saturated heterocycles. The molecule has 0 saturated carbocycles. The fourth-order valence-corrected chi connectivity index (χ4v) is 2.95. The summed E-state index contributed by atoms with van der Waals surface area (Å²) in [7, 11) is 0. The maximum atomic E-state index is 11.1. The molecule has 0 aromatic heterocycles. The Bertz CT molecular complexity index is 455. The van der Waals surface area contributed by atoms with Crippen LogP contribution in [0, 0.1) is 11.3 Å². The lowest BCUT2D eigenvalue weighted by atomic mass is 9.68. The van der Waals surface area contributed by atoms with Crippen molar-refractivity contribution in [2.75, 3.05) is 0 Å². The zero-order valence-electron chi connectivity index (χ0n) is 13.8. The van der Waals surface area contributed by atoms with Gasteiger partial charge in [0.1, 0.15) is 5.60 Å². The molecule has 1 N–H and O–H groups in total. The maximum absolute atomic E-state index is 11.1. The van der Waals surface area contributed by atoms with Gasteiger partial charge in [-0.15, -0.1) is 0 Å². The van der Waals surface area contributed by atoms with Gasteiger partial charge >= 0.3 is 5.97 Å². The first kappa shape index (κ1) is 17.7. The second kappa shape index (κ2) is 6.61. The summed E-state index contributed by atoms with van der Waals surface area (Å²) in [6.45, 7) is 13.2. The molecule has 0 aromatic rings. The molecule has 1 unspecified atom stereocenters. The topological polar surface area (TPSA) is 46.5 Å². The first-order valence-electron chi connectivity index (χ1n) is 7.48. The molecule has 0 fully saturated rings. The molecule has 0 spiro atoms. The molecular weight excluding hydrogens is 264 g/mol. The highest BCUT2D eigenvalue weighted by Gasteiger charge is 2.34. The Morgan fingerprint density at radius 2 is 2.24 bits per heavy atom. The van der Waals surface area contributed by atoms with E-state index in [4.69, 9.17) is 4.74 Å². The first-order valence-corrected chi connectivity index (χ1v) is 7.48. The number of esters is 1. The molecule has 0 radical (unpaired) electrons. The molecule has 3 heteroatoms. The van der Waals surface area contributed by atoms with Gasteiger partial charge in [-0.2, -0.15) is 0 Å². The highest BCUT2D eigenvalue weighted by Crippen LogP contribution is 2.42. The lowest BCUT2D eigenvalue weighted by molar-refractivity contribution is -0.152. The summed E-state index contributed by atoms with van der Waals surface area (Å²) in [6.07, 6.45) is 8.95. The van der Waals surface area contributed by atoms with Gasteiger partial charge in [0.25, 0.3) is 0 Å². The highest BCUT2D eigenvalue weighted by molar-refractivity contribution is 5.66. The van der Waals surface area contributed by atoms with E-state index < -0.39 is 17.7 Å². The zero-order chi connectivity index (χ0) is 16.3. The van der Waals surface area contributed by atoms with Crippen molar-refractivity contribution in [1.82, 2.24) is 0 Å². The van der Waals surface area contributed by atoms with Crippen LogP contribution in [-0.2, 0) is 9.53 Å². The molecular formula is C18H28O3. The molecule has 0 aliphatic heterocycles.